The number of nitrogens with one attached hydrogen (secondary N) is 2. The van der Waals surface area contributed by atoms with Crippen molar-refractivity contribution in [1.82, 2.24) is 15.1 Å². The molecule has 29 heavy (non-hydrogen) atoms. The Bertz CT molecular complexity index is 994. The van der Waals surface area contributed by atoms with Crippen LogP contribution in [0.15, 0.2) is 47.1 Å². The van der Waals surface area contributed by atoms with Gasteiger partial charge in [-0.3, -0.25) is 14.3 Å². The number of hydrogen-bond donors (Lipinski definition) is 3. The normalized spacial score (nSPS) is 10.6. The lowest BCUT2D eigenvalue weighted by Gasteiger charge is -2.11. The molecule has 0 unspecified atom stereocenters. The average molecular weight is 397 g/mol. The summed E-state index contributed by atoms with van der Waals surface area (Å²) in [5, 5.41) is 9.77. The van der Waals surface area contributed by atoms with E-state index in [2.05, 4.69) is 15.7 Å². The highest BCUT2D eigenvalue weighted by Gasteiger charge is 2.18. The largest absolute Gasteiger partial charge is 0.496 e. The third-order valence-electron chi connectivity index (χ3n) is 4.25. The summed E-state index contributed by atoms with van der Waals surface area (Å²) in [6, 6.07) is 10.0. The van der Waals surface area contributed by atoms with Crippen molar-refractivity contribution in [3.05, 3.63) is 53.9 Å². The van der Waals surface area contributed by atoms with Crippen molar-refractivity contribution < 1.29 is 18.7 Å². The van der Waals surface area contributed by atoms with Crippen LogP contribution in [-0.2, 0) is 7.05 Å². The molecular formula is C20H23N5O4. The van der Waals surface area contributed by atoms with E-state index in [4.69, 9.17) is 14.9 Å². The molecule has 152 valence electrons. The van der Waals surface area contributed by atoms with Crippen LogP contribution in [-0.4, -0.2) is 41.8 Å². The maximum atomic E-state index is 12.6. The van der Waals surface area contributed by atoms with Crippen LogP contribution in [0.4, 0.5) is 5.69 Å². The molecule has 4 N–H and O–H groups in total. The zero-order valence-electron chi connectivity index (χ0n) is 16.3. The topological polar surface area (TPSA) is 124 Å². The Labute approximate surface area is 167 Å². The summed E-state index contributed by atoms with van der Waals surface area (Å²) in [6.07, 6.45) is 2.22. The molecule has 0 radical (unpaired) electrons. The second-order valence-corrected chi connectivity index (χ2v) is 6.28. The van der Waals surface area contributed by atoms with Crippen molar-refractivity contribution in [2.24, 2.45) is 12.8 Å². The number of ether oxygens (including phenoxy) is 1. The molecule has 2 amide bonds. The number of rotatable bonds is 8. The van der Waals surface area contributed by atoms with E-state index in [0.29, 0.717) is 48.0 Å². The molecule has 3 rings (SSSR count). The first kappa shape index (κ1) is 20.2. The molecule has 9 heteroatoms. The summed E-state index contributed by atoms with van der Waals surface area (Å²) < 4.78 is 12.2. The van der Waals surface area contributed by atoms with Crippen LogP contribution in [0.1, 0.15) is 27.3 Å². The van der Waals surface area contributed by atoms with Gasteiger partial charge in [-0.2, -0.15) is 5.10 Å². The number of amides is 2. The van der Waals surface area contributed by atoms with Gasteiger partial charge >= 0.3 is 0 Å². The van der Waals surface area contributed by atoms with Crippen LogP contribution < -0.4 is 21.1 Å². The number of methoxy groups -OCH3 is 1. The number of nitrogens with two attached hydrogens (primary N) is 1. The summed E-state index contributed by atoms with van der Waals surface area (Å²) in [7, 11) is 3.21. The highest BCUT2D eigenvalue weighted by molar-refractivity contribution is 6.05. The number of carbonyl (C=O) groups excluding carboxylic acids is 2. The minimum absolute atomic E-state index is 0.226. The first-order chi connectivity index (χ1) is 14.0. The average Bonchev–Trinajstić information content (AvgIpc) is 3.37. The van der Waals surface area contributed by atoms with E-state index in [-0.39, 0.29) is 11.6 Å². The molecule has 2 aromatic heterocycles. The molecule has 0 fully saturated rings. The minimum atomic E-state index is -0.405. The molecule has 3 aromatic rings. The molecule has 0 aliphatic carbocycles. The van der Waals surface area contributed by atoms with Gasteiger partial charge in [-0.25, -0.2) is 0 Å². The smallest absolute Gasteiger partial charge is 0.276 e. The Balaban J connectivity index is 1.77. The number of hydrogen-bond acceptors (Lipinski definition) is 6. The summed E-state index contributed by atoms with van der Waals surface area (Å²) >= 11 is 0. The fraction of sp³-hybridized carbons (Fsp3) is 0.250. The molecular weight excluding hydrogens is 374 g/mol. The van der Waals surface area contributed by atoms with E-state index in [1.54, 1.807) is 54.4 Å². The molecule has 0 aliphatic rings. The van der Waals surface area contributed by atoms with Gasteiger partial charge in [0.05, 0.1) is 18.9 Å². The number of benzene rings is 1. The van der Waals surface area contributed by atoms with Gasteiger partial charge in [0.1, 0.15) is 11.4 Å². The van der Waals surface area contributed by atoms with Crippen molar-refractivity contribution >= 4 is 17.5 Å². The molecule has 0 saturated heterocycles. The zero-order chi connectivity index (χ0) is 20.8. The predicted octanol–water partition coefficient (Wildman–Crippen LogP) is 2.02. The van der Waals surface area contributed by atoms with Gasteiger partial charge in [-0.05, 0) is 43.3 Å². The summed E-state index contributed by atoms with van der Waals surface area (Å²) in [5.41, 5.74) is 7.12. The monoisotopic (exact) mass is 397 g/mol. The molecule has 1 aromatic carbocycles. The summed E-state index contributed by atoms with van der Waals surface area (Å²) in [5.74, 6) is 0.313. The highest BCUT2D eigenvalue weighted by atomic mass is 16.5. The van der Waals surface area contributed by atoms with Gasteiger partial charge in [-0.1, -0.05) is 0 Å². The molecule has 9 nitrogen and oxygen atoms in total. The molecule has 0 saturated carbocycles. The van der Waals surface area contributed by atoms with E-state index < -0.39 is 5.91 Å². The van der Waals surface area contributed by atoms with Crippen LogP contribution >= 0.6 is 0 Å². The Morgan fingerprint density at radius 3 is 2.76 bits per heavy atom. The lowest BCUT2D eigenvalue weighted by atomic mass is 10.1. The maximum absolute atomic E-state index is 12.6. The fourth-order valence-electron chi connectivity index (χ4n) is 2.79. The van der Waals surface area contributed by atoms with Crippen molar-refractivity contribution in [3.8, 4) is 17.2 Å². The van der Waals surface area contributed by atoms with Gasteiger partial charge in [0.2, 0.25) is 0 Å². The van der Waals surface area contributed by atoms with E-state index in [1.807, 2.05) is 0 Å². The fourth-order valence-corrected chi connectivity index (χ4v) is 2.79. The predicted molar refractivity (Wildman–Crippen MR) is 108 cm³/mol. The standard InChI is InChI=1S/C20H23N5O4/c1-25-16(18-5-3-10-29-18)12-15(24-25)20(27)23-13-6-7-17(28-2)14(11-13)19(26)22-9-4-8-21/h3,5-7,10-12H,4,8-9,21H2,1-2H3,(H,22,26)(H,23,27). The van der Waals surface area contributed by atoms with E-state index in [1.165, 1.54) is 7.11 Å². The number of aromatic nitrogens is 2. The van der Waals surface area contributed by atoms with Gasteiger partial charge < -0.3 is 25.5 Å². The van der Waals surface area contributed by atoms with Gasteiger partial charge in [0.25, 0.3) is 11.8 Å². The Morgan fingerprint density at radius 1 is 1.24 bits per heavy atom. The van der Waals surface area contributed by atoms with Crippen LogP contribution in [0.2, 0.25) is 0 Å². The van der Waals surface area contributed by atoms with Crippen molar-refractivity contribution in [2.75, 3.05) is 25.5 Å². The van der Waals surface area contributed by atoms with Crippen LogP contribution in [0, 0.1) is 0 Å². The number of furan rings is 1. The molecule has 0 aliphatic heterocycles. The summed E-state index contributed by atoms with van der Waals surface area (Å²) in [4.78, 5) is 25.0. The lowest BCUT2D eigenvalue weighted by Crippen LogP contribution is -2.26. The maximum Gasteiger partial charge on any atom is 0.276 e. The number of carbonyl (C=O) groups is 2. The third kappa shape index (κ3) is 4.64. The Morgan fingerprint density at radius 2 is 2.07 bits per heavy atom. The van der Waals surface area contributed by atoms with Gasteiger partial charge in [0, 0.05) is 25.3 Å². The highest BCUT2D eigenvalue weighted by Crippen LogP contribution is 2.24. The number of nitrogens with zero attached hydrogens (tertiary/aromatic N) is 2. The third-order valence-corrected chi connectivity index (χ3v) is 4.25. The Kier molecular flexibility index (Phi) is 6.30. The van der Waals surface area contributed by atoms with Gasteiger partial charge in [-0.15, -0.1) is 0 Å². The molecule has 0 bridgehead atoms. The second kappa shape index (κ2) is 9.07. The van der Waals surface area contributed by atoms with Crippen molar-refractivity contribution in [2.45, 2.75) is 6.42 Å². The van der Waals surface area contributed by atoms with Gasteiger partial charge in [0.15, 0.2) is 11.5 Å². The van der Waals surface area contributed by atoms with E-state index >= 15 is 0 Å². The van der Waals surface area contributed by atoms with E-state index in [9.17, 15) is 9.59 Å². The first-order valence-corrected chi connectivity index (χ1v) is 9.09. The SMILES string of the molecule is COc1ccc(NC(=O)c2cc(-c3ccco3)n(C)n2)cc1C(=O)NCCCN. The van der Waals surface area contributed by atoms with Crippen molar-refractivity contribution in [3.63, 3.8) is 0 Å². The first-order valence-electron chi connectivity index (χ1n) is 9.09. The van der Waals surface area contributed by atoms with Crippen LogP contribution in [0.25, 0.3) is 11.5 Å². The lowest BCUT2D eigenvalue weighted by molar-refractivity contribution is 0.0949. The quantitative estimate of drug-likeness (QED) is 0.500. The number of aryl methyl sites for hydroxylation is 1. The molecule has 0 atom stereocenters. The van der Waals surface area contributed by atoms with Crippen LogP contribution in [0.5, 0.6) is 5.75 Å². The molecule has 2 heterocycles. The Hall–Kier alpha value is -3.59. The summed E-state index contributed by atoms with van der Waals surface area (Å²) in [6.45, 7) is 0.941. The zero-order valence-corrected chi connectivity index (χ0v) is 16.3. The van der Waals surface area contributed by atoms with Crippen molar-refractivity contribution in [1.29, 1.82) is 0 Å². The minimum Gasteiger partial charge on any atom is -0.496 e. The second-order valence-electron chi connectivity index (χ2n) is 6.28. The number of anilines is 1. The van der Waals surface area contributed by atoms with E-state index in [0.717, 1.165) is 0 Å². The van der Waals surface area contributed by atoms with Crippen LogP contribution in [0.3, 0.4) is 0 Å². The molecule has 0 spiro atoms.